The summed E-state index contributed by atoms with van der Waals surface area (Å²) >= 11 is 1.84. The summed E-state index contributed by atoms with van der Waals surface area (Å²) in [4.78, 5) is 27.0. The third-order valence-corrected chi connectivity index (χ3v) is 4.26. The van der Waals surface area contributed by atoms with E-state index < -0.39 is 5.97 Å². The second kappa shape index (κ2) is 6.06. The molecule has 0 aliphatic carbocycles. The van der Waals surface area contributed by atoms with Gasteiger partial charge in [0.15, 0.2) is 0 Å². The average molecular weight is 280 g/mol. The first kappa shape index (κ1) is 13.9. The standard InChI is InChI=1S/C13H16N2O3S/c1-8-10(13(17)18)4-5-11(14-8)12(16)15-9-3-2-6-19-7-9/h4-5,9H,2-3,6-7H2,1H3,(H,15,16)(H,17,18). The summed E-state index contributed by atoms with van der Waals surface area (Å²) < 4.78 is 0. The van der Waals surface area contributed by atoms with Gasteiger partial charge in [0.2, 0.25) is 0 Å². The van der Waals surface area contributed by atoms with Crippen LogP contribution in [0, 0.1) is 6.92 Å². The molecule has 102 valence electrons. The Kier molecular flexibility index (Phi) is 4.42. The number of thioether (sulfide) groups is 1. The van der Waals surface area contributed by atoms with Crippen molar-refractivity contribution < 1.29 is 14.7 Å². The van der Waals surface area contributed by atoms with Crippen molar-refractivity contribution in [1.29, 1.82) is 0 Å². The zero-order chi connectivity index (χ0) is 13.8. The normalized spacial score (nSPS) is 18.9. The number of aryl methyl sites for hydroxylation is 1. The van der Waals surface area contributed by atoms with Gasteiger partial charge in [-0.2, -0.15) is 11.8 Å². The number of carboxylic acids is 1. The summed E-state index contributed by atoms with van der Waals surface area (Å²) in [5.41, 5.74) is 0.765. The number of rotatable bonds is 3. The van der Waals surface area contributed by atoms with E-state index in [1.165, 1.54) is 12.1 Å². The van der Waals surface area contributed by atoms with Gasteiger partial charge in [-0.3, -0.25) is 4.79 Å². The van der Waals surface area contributed by atoms with Crippen molar-refractivity contribution in [2.75, 3.05) is 11.5 Å². The largest absolute Gasteiger partial charge is 0.478 e. The van der Waals surface area contributed by atoms with Crippen LogP contribution in [0.5, 0.6) is 0 Å². The van der Waals surface area contributed by atoms with Crippen molar-refractivity contribution in [3.8, 4) is 0 Å². The van der Waals surface area contributed by atoms with E-state index in [9.17, 15) is 9.59 Å². The molecule has 1 atom stereocenters. The highest BCUT2D eigenvalue weighted by atomic mass is 32.2. The lowest BCUT2D eigenvalue weighted by atomic mass is 10.1. The Morgan fingerprint density at radius 2 is 2.26 bits per heavy atom. The number of aromatic nitrogens is 1. The lowest BCUT2D eigenvalue weighted by Gasteiger charge is -2.22. The van der Waals surface area contributed by atoms with E-state index in [1.54, 1.807) is 6.92 Å². The van der Waals surface area contributed by atoms with Gasteiger partial charge in [0.1, 0.15) is 5.69 Å². The smallest absolute Gasteiger partial charge is 0.337 e. The van der Waals surface area contributed by atoms with Gasteiger partial charge in [-0.25, -0.2) is 9.78 Å². The third-order valence-electron chi connectivity index (χ3n) is 3.04. The molecule has 1 aliphatic rings. The highest BCUT2D eigenvalue weighted by Gasteiger charge is 2.18. The molecule has 2 N–H and O–H groups in total. The molecule has 19 heavy (non-hydrogen) atoms. The molecule has 2 rings (SSSR count). The number of hydrogen-bond donors (Lipinski definition) is 2. The molecule has 0 radical (unpaired) electrons. The van der Waals surface area contributed by atoms with E-state index in [-0.39, 0.29) is 23.2 Å². The van der Waals surface area contributed by atoms with Crippen LogP contribution in [-0.4, -0.2) is 39.5 Å². The maximum atomic E-state index is 12.0. The summed E-state index contributed by atoms with van der Waals surface area (Å²) in [6, 6.07) is 3.07. The predicted molar refractivity (Wildman–Crippen MR) is 73.7 cm³/mol. The number of nitrogens with zero attached hydrogens (tertiary/aromatic N) is 1. The van der Waals surface area contributed by atoms with Crippen molar-refractivity contribution in [1.82, 2.24) is 10.3 Å². The third kappa shape index (κ3) is 3.47. The van der Waals surface area contributed by atoms with E-state index in [4.69, 9.17) is 5.11 Å². The molecule has 0 saturated carbocycles. The molecule has 0 spiro atoms. The zero-order valence-corrected chi connectivity index (χ0v) is 11.5. The first-order valence-electron chi connectivity index (χ1n) is 6.17. The van der Waals surface area contributed by atoms with Crippen molar-refractivity contribution in [3.63, 3.8) is 0 Å². The Hall–Kier alpha value is -1.56. The Labute approximate surface area is 115 Å². The van der Waals surface area contributed by atoms with Gasteiger partial charge in [0.05, 0.1) is 11.3 Å². The molecule has 1 amide bonds. The monoisotopic (exact) mass is 280 g/mol. The maximum Gasteiger partial charge on any atom is 0.337 e. The Balaban J connectivity index is 2.06. The number of aromatic carboxylic acids is 1. The van der Waals surface area contributed by atoms with Crippen molar-refractivity contribution >= 4 is 23.6 Å². The van der Waals surface area contributed by atoms with Crippen LogP contribution in [-0.2, 0) is 0 Å². The van der Waals surface area contributed by atoms with E-state index in [1.807, 2.05) is 11.8 Å². The minimum Gasteiger partial charge on any atom is -0.478 e. The fourth-order valence-electron chi connectivity index (χ4n) is 2.03. The van der Waals surface area contributed by atoms with Gasteiger partial charge in [-0.15, -0.1) is 0 Å². The number of amides is 1. The quantitative estimate of drug-likeness (QED) is 0.881. The number of hydrogen-bond acceptors (Lipinski definition) is 4. The minimum absolute atomic E-state index is 0.129. The van der Waals surface area contributed by atoms with Gasteiger partial charge in [-0.1, -0.05) is 0 Å². The Morgan fingerprint density at radius 1 is 1.47 bits per heavy atom. The van der Waals surface area contributed by atoms with Gasteiger partial charge >= 0.3 is 5.97 Å². The lowest BCUT2D eigenvalue weighted by molar-refractivity contribution is 0.0694. The molecule has 5 nitrogen and oxygen atoms in total. The van der Waals surface area contributed by atoms with Crippen LogP contribution in [0.1, 0.15) is 39.4 Å². The molecular formula is C13H16N2O3S. The van der Waals surface area contributed by atoms with Gasteiger partial charge in [0.25, 0.3) is 5.91 Å². The topological polar surface area (TPSA) is 79.3 Å². The van der Waals surface area contributed by atoms with E-state index in [2.05, 4.69) is 10.3 Å². The molecule has 1 unspecified atom stereocenters. The van der Waals surface area contributed by atoms with Crippen LogP contribution in [0.25, 0.3) is 0 Å². The summed E-state index contributed by atoms with van der Waals surface area (Å²) in [7, 11) is 0. The summed E-state index contributed by atoms with van der Waals surface area (Å²) in [6.07, 6.45) is 2.10. The van der Waals surface area contributed by atoms with E-state index in [0.717, 1.165) is 24.3 Å². The first-order valence-corrected chi connectivity index (χ1v) is 7.33. The Morgan fingerprint density at radius 3 is 2.84 bits per heavy atom. The molecule has 1 fully saturated rings. The fourth-order valence-corrected chi connectivity index (χ4v) is 3.10. The van der Waals surface area contributed by atoms with E-state index in [0.29, 0.717) is 5.69 Å². The predicted octanol–water partition coefficient (Wildman–Crippen LogP) is 1.71. The summed E-state index contributed by atoms with van der Waals surface area (Å²) in [5, 5.41) is 11.9. The molecule has 1 aromatic heterocycles. The Bertz CT molecular complexity index is 499. The van der Waals surface area contributed by atoms with Gasteiger partial charge in [-0.05, 0) is 37.7 Å². The molecule has 1 aliphatic heterocycles. The minimum atomic E-state index is -1.03. The number of nitrogens with one attached hydrogen (secondary N) is 1. The van der Waals surface area contributed by atoms with Crippen molar-refractivity contribution in [2.24, 2.45) is 0 Å². The fraction of sp³-hybridized carbons (Fsp3) is 0.462. The molecular weight excluding hydrogens is 264 g/mol. The maximum absolute atomic E-state index is 12.0. The summed E-state index contributed by atoms with van der Waals surface area (Å²) in [5.74, 6) is 0.822. The van der Waals surface area contributed by atoms with Crippen molar-refractivity contribution in [3.05, 3.63) is 29.1 Å². The molecule has 1 aromatic rings. The first-order chi connectivity index (χ1) is 9.08. The van der Waals surface area contributed by atoms with Crippen LogP contribution in [0.4, 0.5) is 0 Å². The second-order valence-corrected chi connectivity index (χ2v) is 5.67. The van der Waals surface area contributed by atoms with Crippen LogP contribution in [0.2, 0.25) is 0 Å². The molecule has 0 bridgehead atoms. The van der Waals surface area contributed by atoms with Crippen LogP contribution >= 0.6 is 11.8 Å². The van der Waals surface area contributed by atoms with Crippen molar-refractivity contribution in [2.45, 2.75) is 25.8 Å². The molecule has 1 saturated heterocycles. The number of carboxylic acid groups (broad SMARTS) is 1. The number of pyridine rings is 1. The van der Waals surface area contributed by atoms with Crippen LogP contribution in [0.3, 0.4) is 0 Å². The zero-order valence-electron chi connectivity index (χ0n) is 10.7. The summed E-state index contributed by atoms with van der Waals surface area (Å²) in [6.45, 7) is 1.59. The highest BCUT2D eigenvalue weighted by molar-refractivity contribution is 7.99. The highest BCUT2D eigenvalue weighted by Crippen LogP contribution is 2.17. The van der Waals surface area contributed by atoms with Crippen LogP contribution < -0.4 is 5.32 Å². The van der Waals surface area contributed by atoms with E-state index >= 15 is 0 Å². The lowest BCUT2D eigenvalue weighted by Crippen LogP contribution is -2.38. The van der Waals surface area contributed by atoms with Gasteiger partial charge < -0.3 is 10.4 Å². The molecule has 2 heterocycles. The number of carbonyl (C=O) groups is 2. The van der Waals surface area contributed by atoms with Crippen LogP contribution in [0.15, 0.2) is 12.1 Å². The second-order valence-electron chi connectivity index (χ2n) is 4.52. The average Bonchev–Trinajstić information content (AvgIpc) is 2.39. The number of carbonyl (C=O) groups excluding carboxylic acids is 1. The molecule has 0 aromatic carbocycles. The van der Waals surface area contributed by atoms with Gasteiger partial charge in [0, 0.05) is 11.8 Å². The molecule has 6 heteroatoms. The SMILES string of the molecule is Cc1nc(C(=O)NC2CCCSC2)ccc1C(=O)O.